The molecule has 1 heterocycles. The largest absolute Gasteiger partial charge is 0.372 e. The first-order valence-electron chi connectivity index (χ1n) is 5.95. The molecule has 0 aliphatic carbocycles. The topological polar surface area (TPSA) is 49.4 Å². The molecular weight excluding hydrogens is 235 g/mol. The van der Waals surface area contributed by atoms with E-state index in [1.165, 1.54) is 6.07 Å². The smallest absolute Gasteiger partial charge is 0.296 e. The summed E-state index contributed by atoms with van der Waals surface area (Å²) in [6, 6.07) is 2.65. The van der Waals surface area contributed by atoms with Gasteiger partial charge in [0.15, 0.2) is 0 Å². The number of Topliss-reactive ketones (excluding diaryl/α,β-unsaturated/α-hetero) is 1. The standard InChI is InChI=1S/C13H15FN2O2/c1-3-4-5-16(2)11-7-10-8(6-9(11)14)12(17)13(18)15-10/h6-7H,3-5H2,1-2H3,(H,15,17,18). The summed E-state index contributed by atoms with van der Waals surface area (Å²) in [5, 5.41) is 2.44. The van der Waals surface area contributed by atoms with E-state index >= 15 is 0 Å². The fraction of sp³-hybridized carbons (Fsp3) is 0.385. The van der Waals surface area contributed by atoms with Crippen LogP contribution in [0.4, 0.5) is 15.8 Å². The average molecular weight is 250 g/mol. The third kappa shape index (κ3) is 2.08. The van der Waals surface area contributed by atoms with Crippen molar-refractivity contribution in [3.05, 3.63) is 23.5 Å². The minimum Gasteiger partial charge on any atom is -0.372 e. The lowest BCUT2D eigenvalue weighted by Gasteiger charge is -2.20. The molecule has 0 fully saturated rings. The zero-order valence-electron chi connectivity index (χ0n) is 10.4. The Balaban J connectivity index is 2.32. The summed E-state index contributed by atoms with van der Waals surface area (Å²) in [6.45, 7) is 2.79. The zero-order chi connectivity index (χ0) is 13.3. The van der Waals surface area contributed by atoms with Gasteiger partial charge >= 0.3 is 0 Å². The lowest BCUT2D eigenvalue weighted by atomic mass is 10.1. The highest BCUT2D eigenvalue weighted by Gasteiger charge is 2.29. The average Bonchev–Trinajstić information content (AvgIpc) is 2.62. The van der Waals surface area contributed by atoms with Crippen molar-refractivity contribution < 1.29 is 14.0 Å². The van der Waals surface area contributed by atoms with Crippen molar-refractivity contribution in [3.63, 3.8) is 0 Å². The lowest BCUT2D eigenvalue weighted by Crippen LogP contribution is -2.19. The first-order chi connectivity index (χ1) is 8.54. The molecule has 0 spiro atoms. The van der Waals surface area contributed by atoms with E-state index in [9.17, 15) is 14.0 Å². The van der Waals surface area contributed by atoms with E-state index in [1.54, 1.807) is 11.9 Å². The summed E-state index contributed by atoms with van der Waals surface area (Å²) in [6.07, 6.45) is 1.98. The van der Waals surface area contributed by atoms with Gasteiger partial charge in [-0.3, -0.25) is 9.59 Å². The molecule has 1 aromatic carbocycles. The van der Waals surface area contributed by atoms with Gasteiger partial charge in [-0.1, -0.05) is 13.3 Å². The number of unbranched alkanes of at least 4 members (excludes halogenated alkanes) is 1. The van der Waals surface area contributed by atoms with Crippen molar-refractivity contribution in [2.45, 2.75) is 19.8 Å². The number of ketones is 1. The van der Waals surface area contributed by atoms with Crippen LogP contribution in [0.25, 0.3) is 0 Å². The van der Waals surface area contributed by atoms with Gasteiger partial charge in [-0.2, -0.15) is 0 Å². The molecule has 0 unspecified atom stereocenters. The second kappa shape index (κ2) is 4.76. The fourth-order valence-electron chi connectivity index (χ4n) is 1.96. The molecule has 1 aromatic rings. The SMILES string of the molecule is CCCCN(C)c1cc2c(cc1F)C(=O)C(=O)N2. The Morgan fingerprint density at radius 1 is 1.33 bits per heavy atom. The van der Waals surface area contributed by atoms with Crippen LogP contribution in [-0.4, -0.2) is 25.3 Å². The number of hydrogen-bond donors (Lipinski definition) is 1. The maximum Gasteiger partial charge on any atom is 0.296 e. The molecule has 96 valence electrons. The van der Waals surface area contributed by atoms with Gasteiger partial charge in [0.25, 0.3) is 11.7 Å². The van der Waals surface area contributed by atoms with Gasteiger partial charge in [0, 0.05) is 13.6 Å². The van der Waals surface area contributed by atoms with Gasteiger partial charge in [0.05, 0.1) is 16.9 Å². The second-order valence-corrected chi connectivity index (χ2v) is 4.41. The van der Waals surface area contributed by atoms with Crippen LogP contribution in [-0.2, 0) is 4.79 Å². The van der Waals surface area contributed by atoms with Gasteiger partial charge in [-0.05, 0) is 18.6 Å². The Bertz CT molecular complexity index is 514. The number of halogens is 1. The molecule has 1 aliphatic heterocycles. The molecular formula is C13H15FN2O2. The van der Waals surface area contributed by atoms with Crippen LogP contribution < -0.4 is 10.2 Å². The maximum absolute atomic E-state index is 13.9. The number of hydrogen-bond acceptors (Lipinski definition) is 3. The van der Waals surface area contributed by atoms with E-state index < -0.39 is 17.5 Å². The quantitative estimate of drug-likeness (QED) is 0.833. The number of anilines is 2. The highest BCUT2D eigenvalue weighted by atomic mass is 19.1. The number of fused-ring (bicyclic) bond motifs is 1. The summed E-state index contributed by atoms with van der Waals surface area (Å²) < 4.78 is 13.9. The predicted molar refractivity (Wildman–Crippen MR) is 67.5 cm³/mol. The number of nitrogens with zero attached hydrogens (tertiary/aromatic N) is 1. The van der Waals surface area contributed by atoms with Crippen molar-refractivity contribution in [3.8, 4) is 0 Å². The third-order valence-corrected chi connectivity index (χ3v) is 3.04. The van der Waals surface area contributed by atoms with Crippen LogP contribution in [0.5, 0.6) is 0 Å². The Kier molecular flexibility index (Phi) is 3.32. The molecule has 5 heteroatoms. The number of amides is 1. The lowest BCUT2D eigenvalue weighted by molar-refractivity contribution is -0.112. The Labute approximate surface area is 105 Å². The minimum absolute atomic E-state index is 0.116. The molecule has 4 nitrogen and oxygen atoms in total. The summed E-state index contributed by atoms with van der Waals surface area (Å²) in [4.78, 5) is 24.4. The highest BCUT2D eigenvalue weighted by Crippen LogP contribution is 2.30. The molecule has 1 aliphatic rings. The summed E-state index contributed by atoms with van der Waals surface area (Å²) in [7, 11) is 1.79. The molecule has 0 radical (unpaired) electrons. The van der Waals surface area contributed by atoms with Crippen LogP contribution in [0.2, 0.25) is 0 Å². The first-order valence-corrected chi connectivity index (χ1v) is 5.95. The van der Waals surface area contributed by atoms with E-state index in [2.05, 4.69) is 12.2 Å². The van der Waals surface area contributed by atoms with Crippen molar-refractivity contribution in [1.82, 2.24) is 0 Å². The number of rotatable bonds is 4. The zero-order valence-corrected chi connectivity index (χ0v) is 10.4. The molecule has 0 bridgehead atoms. The minimum atomic E-state index is -0.697. The van der Waals surface area contributed by atoms with Gasteiger partial charge in [0.2, 0.25) is 0 Å². The van der Waals surface area contributed by atoms with E-state index in [-0.39, 0.29) is 5.56 Å². The first kappa shape index (κ1) is 12.5. The van der Waals surface area contributed by atoms with Gasteiger partial charge in [-0.25, -0.2) is 4.39 Å². The van der Waals surface area contributed by atoms with Crippen molar-refractivity contribution in [2.24, 2.45) is 0 Å². The van der Waals surface area contributed by atoms with Gasteiger partial charge < -0.3 is 10.2 Å². The van der Waals surface area contributed by atoms with Crippen LogP contribution in [0, 0.1) is 5.82 Å². The second-order valence-electron chi connectivity index (χ2n) is 4.41. The summed E-state index contributed by atoms with van der Waals surface area (Å²) in [5.74, 6) is -1.85. The van der Waals surface area contributed by atoms with Gasteiger partial charge in [0.1, 0.15) is 5.82 Å². The van der Waals surface area contributed by atoms with Gasteiger partial charge in [-0.15, -0.1) is 0 Å². The van der Waals surface area contributed by atoms with Crippen LogP contribution >= 0.6 is 0 Å². The normalized spacial score (nSPS) is 13.5. The summed E-state index contributed by atoms with van der Waals surface area (Å²) in [5.41, 5.74) is 0.909. The molecule has 2 rings (SSSR count). The number of benzene rings is 1. The Morgan fingerprint density at radius 3 is 2.72 bits per heavy atom. The molecule has 1 amide bonds. The van der Waals surface area contributed by atoms with E-state index in [4.69, 9.17) is 0 Å². The predicted octanol–water partition coefficient (Wildman–Crippen LogP) is 2.20. The molecule has 0 saturated heterocycles. The third-order valence-electron chi connectivity index (χ3n) is 3.04. The Hall–Kier alpha value is -1.91. The number of carbonyl (C=O) groups is 2. The van der Waals surface area contributed by atoms with Crippen LogP contribution in [0.1, 0.15) is 30.1 Å². The molecule has 0 atom stereocenters. The monoisotopic (exact) mass is 250 g/mol. The van der Waals surface area contributed by atoms with Crippen LogP contribution in [0.3, 0.4) is 0 Å². The molecule has 1 N–H and O–H groups in total. The molecule has 18 heavy (non-hydrogen) atoms. The van der Waals surface area contributed by atoms with Crippen molar-refractivity contribution in [1.29, 1.82) is 0 Å². The van der Waals surface area contributed by atoms with Crippen LogP contribution in [0.15, 0.2) is 12.1 Å². The number of carbonyl (C=O) groups excluding carboxylic acids is 2. The van der Waals surface area contributed by atoms with E-state index in [1.807, 2.05) is 0 Å². The summed E-state index contributed by atoms with van der Waals surface area (Å²) >= 11 is 0. The number of nitrogens with one attached hydrogen (secondary N) is 1. The molecule has 0 aromatic heterocycles. The molecule has 0 saturated carbocycles. The van der Waals surface area contributed by atoms with E-state index in [0.29, 0.717) is 11.4 Å². The Morgan fingerprint density at radius 2 is 2.06 bits per heavy atom. The van der Waals surface area contributed by atoms with Crippen molar-refractivity contribution >= 4 is 23.1 Å². The maximum atomic E-state index is 13.9. The van der Waals surface area contributed by atoms with Crippen molar-refractivity contribution in [2.75, 3.05) is 23.8 Å². The highest BCUT2D eigenvalue weighted by molar-refractivity contribution is 6.51. The fourth-order valence-corrected chi connectivity index (χ4v) is 1.96. The van der Waals surface area contributed by atoms with E-state index in [0.717, 1.165) is 25.5 Å².